The molecule has 1 amide bonds. The Morgan fingerprint density at radius 2 is 2.17 bits per heavy atom. The molecule has 6 nitrogen and oxygen atoms in total. The molecule has 1 aromatic carbocycles. The molecule has 1 atom stereocenters. The highest BCUT2D eigenvalue weighted by Crippen LogP contribution is 2.22. The molecule has 0 aliphatic carbocycles. The number of carbonyl (C=O) groups is 1. The van der Waals surface area contributed by atoms with E-state index in [2.05, 4.69) is 27.8 Å². The Labute approximate surface area is 134 Å². The summed E-state index contributed by atoms with van der Waals surface area (Å²) in [5.74, 6) is 0.371. The second-order valence-corrected chi connectivity index (χ2v) is 5.70. The van der Waals surface area contributed by atoms with Crippen LogP contribution < -0.4 is 16.3 Å². The minimum absolute atomic E-state index is 0.0759. The quantitative estimate of drug-likeness (QED) is 0.875. The molecular weight excluding hydrogens is 292 g/mol. The molecule has 0 saturated carbocycles. The SMILES string of the molecule is CCCNC(=O)c1cnc(=O)n2c1N[C@H](Cc1ccccc1)C2. The van der Waals surface area contributed by atoms with E-state index in [0.717, 1.165) is 12.8 Å². The first-order valence-corrected chi connectivity index (χ1v) is 7.87. The molecule has 23 heavy (non-hydrogen) atoms. The first-order valence-electron chi connectivity index (χ1n) is 7.87. The van der Waals surface area contributed by atoms with Gasteiger partial charge in [-0.1, -0.05) is 37.3 Å². The van der Waals surface area contributed by atoms with E-state index in [1.165, 1.54) is 11.8 Å². The summed E-state index contributed by atoms with van der Waals surface area (Å²) >= 11 is 0. The number of hydrogen-bond acceptors (Lipinski definition) is 4. The van der Waals surface area contributed by atoms with Crippen molar-refractivity contribution in [3.05, 3.63) is 58.1 Å². The lowest BCUT2D eigenvalue weighted by molar-refractivity contribution is 0.0953. The summed E-state index contributed by atoms with van der Waals surface area (Å²) in [6, 6.07) is 10.2. The van der Waals surface area contributed by atoms with Gasteiger partial charge in [-0.15, -0.1) is 0 Å². The summed E-state index contributed by atoms with van der Waals surface area (Å²) in [4.78, 5) is 28.0. The molecule has 2 aromatic rings. The lowest BCUT2D eigenvalue weighted by Gasteiger charge is -2.11. The van der Waals surface area contributed by atoms with Gasteiger partial charge in [0.1, 0.15) is 5.82 Å². The fourth-order valence-corrected chi connectivity index (χ4v) is 2.79. The van der Waals surface area contributed by atoms with Crippen molar-refractivity contribution in [3.8, 4) is 0 Å². The summed E-state index contributed by atoms with van der Waals surface area (Å²) < 4.78 is 1.55. The van der Waals surface area contributed by atoms with Crippen LogP contribution in [0.1, 0.15) is 29.3 Å². The highest BCUT2D eigenvalue weighted by Gasteiger charge is 2.27. The zero-order valence-electron chi connectivity index (χ0n) is 13.1. The zero-order chi connectivity index (χ0) is 16.2. The number of rotatable bonds is 5. The zero-order valence-corrected chi connectivity index (χ0v) is 13.1. The number of amides is 1. The lowest BCUT2D eigenvalue weighted by atomic mass is 10.1. The maximum absolute atomic E-state index is 12.2. The third-order valence-electron chi connectivity index (χ3n) is 3.91. The Balaban J connectivity index is 1.82. The fraction of sp³-hybridized carbons (Fsp3) is 0.353. The van der Waals surface area contributed by atoms with Gasteiger partial charge in [-0.05, 0) is 18.4 Å². The molecule has 0 unspecified atom stereocenters. The van der Waals surface area contributed by atoms with Crippen molar-refractivity contribution in [2.45, 2.75) is 32.4 Å². The molecule has 1 aliphatic rings. The Hall–Kier alpha value is -2.63. The highest BCUT2D eigenvalue weighted by atomic mass is 16.2. The van der Waals surface area contributed by atoms with Gasteiger partial charge >= 0.3 is 5.69 Å². The number of fused-ring (bicyclic) bond motifs is 1. The summed E-state index contributed by atoms with van der Waals surface area (Å²) in [6.07, 6.45) is 3.01. The molecule has 1 aliphatic heterocycles. The predicted octanol–water partition coefficient (Wildman–Crippen LogP) is 1.42. The van der Waals surface area contributed by atoms with Crippen molar-refractivity contribution in [2.75, 3.05) is 11.9 Å². The van der Waals surface area contributed by atoms with E-state index in [-0.39, 0.29) is 17.6 Å². The molecule has 6 heteroatoms. The molecule has 2 heterocycles. The fourth-order valence-electron chi connectivity index (χ4n) is 2.79. The van der Waals surface area contributed by atoms with E-state index in [1.54, 1.807) is 4.57 Å². The average molecular weight is 312 g/mol. The molecule has 2 N–H and O–H groups in total. The molecule has 1 aromatic heterocycles. The van der Waals surface area contributed by atoms with E-state index in [1.807, 2.05) is 25.1 Å². The largest absolute Gasteiger partial charge is 0.366 e. The molecule has 120 valence electrons. The van der Waals surface area contributed by atoms with E-state index < -0.39 is 0 Å². The number of benzene rings is 1. The maximum Gasteiger partial charge on any atom is 0.349 e. The lowest BCUT2D eigenvalue weighted by Crippen LogP contribution is -2.28. The molecule has 3 rings (SSSR count). The number of nitrogens with zero attached hydrogens (tertiary/aromatic N) is 2. The van der Waals surface area contributed by atoms with Gasteiger partial charge in [0.05, 0.1) is 5.56 Å². The van der Waals surface area contributed by atoms with Crippen LogP contribution in [0.25, 0.3) is 0 Å². The molecule has 0 spiro atoms. The van der Waals surface area contributed by atoms with Crippen LogP contribution in [0.2, 0.25) is 0 Å². The average Bonchev–Trinajstić information content (AvgIpc) is 2.98. The molecule has 0 saturated heterocycles. The van der Waals surface area contributed by atoms with E-state index >= 15 is 0 Å². The standard InChI is InChI=1S/C17H20N4O2/c1-2-8-18-16(22)14-10-19-17(23)21-11-13(20-15(14)21)9-12-6-4-3-5-7-12/h3-7,10,13,20H,2,8-9,11H2,1H3,(H,18,22)/t13-/m1/s1. The van der Waals surface area contributed by atoms with Crippen LogP contribution in [-0.4, -0.2) is 28.0 Å². The van der Waals surface area contributed by atoms with E-state index in [0.29, 0.717) is 24.5 Å². The van der Waals surface area contributed by atoms with Crippen LogP contribution in [-0.2, 0) is 13.0 Å². The Morgan fingerprint density at radius 1 is 1.39 bits per heavy atom. The van der Waals surface area contributed by atoms with Gasteiger partial charge in [0.15, 0.2) is 0 Å². The maximum atomic E-state index is 12.2. The third kappa shape index (κ3) is 3.26. The number of hydrogen-bond donors (Lipinski definition) is 2. The van der Waals surface area contributed by atoms with Gasteiger partial charge < -0.3 is 10.6 Å². The minimum atomic E-state index is -0.324. The van der Waals surface area contributed by atoms with Crippen LogP contribution in [0, 0.1) is 0 Å². The number of aromatic nitrogens is 2. The van der Waals surface area contributed by atoms with Crippen molar-refractivity contribution in [1.29, 1.82) is 0 Å². The minimum Gasteiger partial charge on any atom is -0.366 e. The molecule has 0 radical (unpaired) electrons. The Kier molecular flexibility index (Phi) is 4.41. The monoisotopic (exact) mass is 312 g/mol. The van der Waals surface area contributed by atoms with Crippen molar-refractivity contribution in [1.82, 2.24) is 14.9 Å². The predicted molar refractivity (Wildman–Crippen MR) is 88.7 cm³/mol. The van der Waals surface area contributed by atoms with Crippen LogP contribution in [0.5, 0.6) is 0 Å². The number of nitrogens with one attached hydrogen (secondary N) is 2. The van der Waals surface area contributed by atoms with Gasteiger partial charge in [0.2, 0.25) is 0 Å². The second kappa shape index (κ2) is 6.64. The number of carbonyl (C=O) groups excluding carboxylic acids is 1. The van der Waals surface area contributed by atoms with Crippen LogP contribution in [0.15, 0.2) is 41.3 Å². The van der Waals surface area contributed by atoms with Crippen molar-refractivity contribution in [3.63, 3.8) is 0 Å². The van der Waals surface area contributed by atoms with Gasteiger partial charge in [0.25, 0.3) is 5.91 Å². The van der Waals surface area contributed by atoms with Crippen molar-refractivity contribution < 1.29 is 4.79 Å². The van der Waals surface area contributed by atoms with Crippen LogP contribution in [0.3, 0.4) is 0 Å². The molecular formula is C17H20N4O2. The smallest absolute Gasteiger partial charge is 0.349 e. The van der Waals surface area contributed by atoms with Gasteiger partial charge in [-0.3, -0.25) is 9.36 Å². The molecule has 0 fully saturated rings. The second-order valence-electron chi connectivity index (χ2n) is 5.70. The van der Waals surface area contributed by atoms with Gasteiger partial charge in [0, 0.05) is 25.3 Å². The Morgan fingerprint density at radius 3 is 2.91 bits per heavy atom. The first kappa shape index (κ1) is 15.3. The van der Waals surface area contributed by atoms with E-state index in [4.69, 9.17) is 0 Å². The third-order valence-corrected chi connectivity index (χ3v) is 3.91. The summed E-state index contributed by atoms with van der Waals surface area (Å²) in [5, 5.41) is 6.14. The van der Waals surface area contributed by atoms with Gasteiger partial charge in [-0.25, -0.2) is 9.78 Å². The van der Waals surface area contributed by atoms with Gasteiger partial charge in [-0.2, -0.15) is 0 Å². The summed E-state index contributed by atoms with van der Waals surface area (Å²) in [5.41, 5.74) is 1.29. The normalized spacial score (nSPS) is 15.8. The van der Waals surface area contributed by atoms with Crippen molar-refractivity contribution in [2.24, 2.45) is 0 Å². The van der Waals surface area contributed by atoms with Crippen LogP contribution in [0.4, 0.5) is 5.82 Å². The summed E-state index contributed by atoms with van der Waals surface area (Å²) in [6.45, 7) is 3.11. The Bertz CT molecular complexity index is 755. The first-order chi connectivity index (χ1) is 11.2. The molecule has 0 bridgehead atoms. The van der Waals surface area contributed by atoms with Crippen LogP contribution >= 0.6 is 0 Å². The van der Waals surface area contributed by atoms with E-state index in [9.17, 15) is 9.59 Å². The highest BCUT2D eigenvalue weighted by molar-refractivity contribution is 5.98. The topological polar surface area (TPSA) is 76.0 Å². The number of anilines is 1. The van der Waals surface area contributed by atoms with Crippen molar-refractivity contribution >= 4 is 11.7 Å². The summed E-state index contributed by atoms with van der Waals surface area (Å²) in [7, 11) is 0.